The van der Waals surface area contributed by atoms with Crippen molar-refractivity contribution in [1.82, 2.24) is 29.1 Å². The van der Waals surface area contributed by atoms with Crippen LogP contribution in [0.2, 0.25) is 0 Å². The number of benzene rings is 6. The SMILES string of the molecule is c1ccc(-c2nc(-c3ccccc3)nc(-n3c4ccc(-c5ccc6c(c5)c5ccccc5n6-c5ccccc5)cc4c4ncccc43)n2)cc1. The maximum absolute atomic E-state index is 5.05. The van der Waals surface area contributed by atoms with Crippen molar-refractivity contribution in [2.45, 2.75) is 0 Å². The summed E-state index contributed by atoms with van der Waals surface area (Å²) in [7, 11) is 0. The molecule has 0 spiro atoms. The van der Waals surface area contributed by atoms with Crippen molar-refractivity contribution in [3.63, 3.8) is 0 Å². The van der Waals surface area contributed by atoms with Crippen LogP contribution >= 0.6 is 0 Å². The molecule has 0 aliphatic rings. The molecule has 0 N–H and O–H groups in total. The zero-order chi connectivity index (χ0) is 33.0. The molecule has 0 amide bonds. The van der Waals surface area contributed by atoms with E-state index in [1.807, 2.05) is 72.9 Å². The van der Waals surface area contributed by atoms with E-state index in [1.54, 1.807) is 0 Å². The van der Waals surface area contributed by atoms with Gasteiger partial charge in [-0.1, -0.05) is 109 Å². The average molecular weight is 641 g/mol. The van der Waals surface area contributed by atoms with Crippen molar-refractivity contribution >= 4 is 43.7 Å². The van der Waals surface area contributed by atoms with Gasteiger partial charge in [0.05, 0.1) is 27.6 Å². The molecular weight excluding hydrogens is 613 g/mol. The first-order valence-electron chi connectivity index (χ1n) is 16.7. The Hall–Kier alpha value is -6.92. The summed E-state index contributed by atoms with van der Waals surface area (Å²) in [5.74, 6) is 1.79. The highest BCUT2D eigenvalue weighted by Gasteiger charge is 2.19. The van der Waals surface area contributed by atoms with Gasteiger partial charge in [0.2, 0.25) is 5.95 Å². The summed E-state index contributed by atoms with van der Waals surface area (Å²) < 4.78 is 4.45. The Bertz CT molecular complexity index is 2800. The smallest absolute Gasteiger partial charge is 0.238 e. The molecule has 0 atom stereocenters. The van der Waals surface area contributed by atoms with E-state index in [2.05, 4.69) is 106 Å². The third kappa shape index (κ3) is 4.50. The standard InChI is InChI=1S/C44H28N6/c1-4-13-29(14-5-1)42-46-43(30-15-6-2-7-16-30)48-44(47-42)50-39-25-23-32(28-36(39)41-40(50)21-12-26-45-41)31-22-24-38-35(27-31)34-19-10-11-20-37(34)49(38)33-17-8-3-9-18-33/h1-28H. The largest absolute Gasteiger partial charge is 0.309 e. The number of rotatable bonds is 5. The van der Waals surface area contributed by atoms with Crippen LogP contribution in [0.5, 0.6) is 0 Å². The Labute approximate surface area is 287 Å². The molecular formula is C44H28N6. The number of nitrogens with zero attached hydrogens (tertiary/aromatic N) is 6. The quantitative estimate of drug-likeness (QED) is 0.188. The van der Waals surface area contributed by atoms with E-state index >= 15 is 0 Å². The minimum Gasteiger partial charge on any atom is -0.309 e. The van der Waals surface area contributed by atoms with Crippen LogP contribution in [0.1, 0.15) is 0 Å². The Morgan fingerprint density at radius 3 is 1.58 bits per heavy atom. The molecule has 50 heavy (non-hydrogen) atoms. The Morgan fingerprint density at radius 1 is 0.360 bits per heavy atom. The van der Waals surface area contributed by atoms with Gasteiger partial charge in [-0.25, -0.2) is 4.98 Å². The molecule has 10 aromatic rings. The first-order valence-corrected chi connectivity index (χ1v) is 16.7. The second-order valence-corrected chi connectivity index (χ2v) is 12.4. The lowest BCUT2D eigenvalue weighted by molar-refractivity contribution is 0.953. The summed E-state index contributed by atoms with van der Waals surface area (Å²) >= 11 is 0. The molecule has 0 aliphatic heterocycles. The van der Waals surface area contributed by atoms with Crippen molar-refractivity contribution in [1.29, 1.82) is 0 Å². The summed E-state index contributed by atoms with van der Waals surface area (Å²) in [6.45, 7) is 0. The summed E-state index contributed by atoms with van der Waals surface area (Å²) in [4.78, 5) is 19.9. The fourth-order valence-electron chi connectivity index (χ4n) is 7.14. The zero-order valence-electron chi connectivity index (χ0n) is 26.8. The Morgan fingerprint density at radius 2 is 0.900 bits per heavy atom. The molecule has 0 unspecified atom stereocenters. The van der Waals surface area contributed by atoms with Crippen LogP contribution in [0.4, 0.5) is 0 Å². The van der Waals surface area contributed by atoms with Crippen LogP contribution in [-0.4, -0.2) is 29.1 Å². The van der Waals surface area contributed by atoms with Crippen LogP contribution in [0.25, 0.3) is 89.3 Å². The predicted molar refractivity (Wildman–Crippen MR) is 203 cm³/mol. The first-order chi connectivity index (χ1) is 24.8. The summed E-state index contributed by atoms with van der Waals surface area (Å²) in [5, 5.41) is 3.48. The fourth-order valence-corrected chi connectivity index (χ4v) is 7.14. The molecule has 0 radical (unpaired) electrons. The molecule has 0 aliphatic carbocycles. The highest BCUT2D eigenvalue weighted by molar-refractivity contribution is 6.11. The maximum Gasteiger partial charge on any atom is 0.238 e. The summed E-state index contributed by atoms with van der Waals surface area (Å²) in [6, 6.07) is 56.7. The van der Waals surface area contributed by atoms with Gasteiger partial charge in [0.15, 0.2) is 11.6 Å². The molecule has 10 rings (SSSR count). The Balaban J connectivity index is 1.17. The van der Waals surface area contributed by atoms with Crippen LogP contribution in [0, 0.1) is 0 Å². The monoisotopic (exact) mass is 640 g/mol. The van der Waals surface area contributed by atoms with Gasteiger partial charge in [0.25, 0.3) is 0 Å². The van der Waals surface area contributed by atoms with E-state index in [-0.39, 0.29) is 0 Å². The van der Waals surface area contributed by atoms with Crippen molar-refractivity contribution in [3.05, 3.63) is 170 Å². The average Bonchev–Trinajstić information content (AvgIpc) is 3.71. The van der Waals surface area contributed by atoms with E-state index < -0.39 is 0 Å². The number of hydrogen-bond donors (Lipinski definition) is 0. The topological polar surface area (TPSA) is 61.4 Å². The molecule has 0 fully saturated rings. The number of fused-ring (bicyclic) bond motifs is 6. The zero-order valence-corrected chi connectivity index (χ0v) is 26.8. The molecule has 4 heterocycles. The number of hydrogen-bond acceptors (Lipinski definition) is 4. The van der Waals surface area contributed by atoms with Crippen LogP contribution in [0.3, 0.4) is 0 Å². The molecule has 6 nitrogen and oxygen atoms in total. The fraction of sp³-hybridized carbons (Fsp3) is 0. The van der Waals surface area contributed by atoms with E-state index in [9.17, 15) is 0 Å². The lowest BCUT2D eigenvalue weighted by atomic mass is 10.0. The second kappa shape index (κ2) is 11.4. The lowest BCUT2D eigenvalue weighted by Crippen LogP contribution is -2.06. The van der Waals surface area contributed by atoms with E-state index in [4.69, 9.17) is 19.9 Å². The van der Waals surface area contributed by atoms with Gasteiger partial charge in [-0.2, -0.15) is 9.97 Å². The van der Waals surface area contributed by atoms with Gasteiger partial charge in [-0.05, 0) is 65.7 Å². The van der Waals surface area contributed by atoms with E-state index in [0.717, 1.165) is 49.9 Å². The van der Waals surface area contributed by atoms with Gasteiger partial charge >= 0.3 is 0 Å². The third-order valence-electron chi connectivity index (χ3n) is 9.43. The summed E-state index contributed by atoms with van der Waals surface area (Å²) in [6.07, 6.45) is 1.85. The van der Waals surface area contributed by atoms with Crippen molar-refractivity contribution in [2.24, 2.45) is 0 Å². The van der Waals surface area contributed by atoms with Gasteiger partial charge in [0, 0.05) is 39.2 Å². The molecule has 234 valence electrons. The minimum absolute atomic E-state index is 0.550. The number of pyridine rings is 1. The highest BCUT2D eigenvalue weighted by Crippen LogP contribution is 2.37. The highest BCUT2D eigenvalue weighted by atomic mass is 15.2. The minimum atomic E-state index is 0.550. The van der Waals surface area contributed by atoms with Crippen molar-refractivity contribution in [2.75, 3.05) is 0 Å². The molecule has 6 heteroatoms. The lowest BCUT2D eigenvalue weighted by Gasteiger charge is -2.11. The number of aromatic nitrogens is 6. The molecule has 0 saturated carbocycles. The van der Waals surface area contributed by atoms with Gasteiger partial charge in [0.1, 0.15) is 0 Å². The normalized spacial score (nSPS) is 11.6. The molecule has 4 aromatic heterocycles. The van der Waals surface area contributed by atoms with Crippen LogP contribution < -0.4 is 0 Å². The van der Waals surface area contributed by atoms with Gasteiger partial charge in [-0.3, -0.25) is 9.55 Å². The molecule has 6 aromatic carbocycles. The molecule has 0 bridgehead atoms. The van der Waals surface area contributed by atoms with E-state index in [1.165, 1.54) is 21.8 Å². The summed E-state index contributed by atoms with van der Waals surface area (Å²) in [5.41, 5.74) is 10.5. The third-order valence-corrected chi connectivity index (χ3v) is 9.43. The predicted octanol–water partition coefficient (Wildman–Crippen LogP) is 10.5. The van der Waals surface area contributed by atoms with Crippen LogP contribution in [0.15, 0.2) is 170 Å². The first kappa shape index (κ1) is 28.1. The molecule has 0 saturated heterocycles. The Kier molecular flexibility index (Phi) is 6.39. The van der Waals surface area contributed by atoms with Gasteiger partial charge in [-0.15, -0.1) is 0 Å². The van der Waals surface area contributed by atoms with Crippen molar-refractivity contribution in [3.8, 4) is 45.5 Å². The van der Waals surface area contributed by atoms with Crippen molar-refractivity contribution < 1.29 is 0 Å². The maximum atomic E-state index is 5.05. The second-order valence-electron chi connectivity index (χ2n) is 12.4. The van der Waals surface area contributed by atoms with Crippen LogP contribution in [-0.2, 0) is 0 Å². The number of para-hydroxylation sites is 2. The van der Waals surface area contributed by atoms with Gasteiger partial charge < -0.3 is 4.57 Å². The van der Waals surface area contributed by atoms with E-state index in [0.29, 0.717) is 17.6 Å².